The van der Waals surface area contributed by atoms with Gasteiger partial charge in [-0.2, -0.15) is 0 Å². The van der Waals surface area contributed by atoms with Crippen LogP contribution in [0, 0.1) is 5.41 Å². The minimum absolute atomic E-state index is 0.0414. The lowest BCUT2D eigenvalue weighted by Gasteiger charge is -2.16. The molecule has 1 rings (SSSR count). The molecule has 0 aliphatic rings. The molecular weight excluding hydrogens is 290 g/mol. The van der Waals surface area contributed by atoms with Crippen molar-refractivity contribution in [3.63, 3.8) is 0 Å². The Balaban J connectivity index is 2.37. The van der Waals surface area contributed by atoms with Crippen LogP contribution >= 0.6 is 0 Å². The summed E-state index contributed by atoms with van der Waals surface area (Å²) in [5, 5.41) is 0. The molecular formula is C19H29NO3. The van der Waals surface area contributed by atoms with Gasteiger partial charge in [-0.3, -0.25) is 9.59 Å². The van der Waals surface area contributed by atoms with E-state index in [4.69, 9.17) is 4.74 Å². The molecule has 1 aromatic rings. The Kier molecular flexibility index (Phi) is 7.27. The second kappa shape index (κ2) is 8.70. The molecule has 0 aromatic heterocycles. The van der Waals surface area contributed by atoms with Crippen molar-refractivity contribution in [1.29, 1.82) is 0 Å². The minimum atomic E-state index is -0.439. The second-order valence-corrected chi connectivity index (χ2v) is 7.05. The van der Waals surface area contributed by atoms with E-state index < -0.39 is 5.41 Å². The quantitative estimate of drug-likeness (QED) is 0.569. The number of benzene rings is 1. The molecule has 0 spiro atoms. The third-order valence-corrected chi connectivity index (χ3v) is 3.59. The molecule has 0 heterocycles. The normalized spacial score (nSPS) is 11.2. The Morgan fingerprint density at radius 3 is 2.30 bits per heavy atom. The number of carbonyl (C=O) groups is 2. The second-order valence-electron chi connectivity index (χ2n) is 7.05. The number of nitrogens with zero attached hydrogens (tertiary/aromatic N) is 1. The highest BCUT2D eigenvalue weighted by atomic mass is 16.5. The highest BCUT2D eigenvalue weighted by Crippen LogP contribution is 2.16. The van der Waals surface area contributed by atoms with Gasteiger partial charge in [0, 0.05) is 19.7 Å². The number of unbranched alkanes of at least 4 members (excludes halogenated alkanes) is 2. The van der Waals surface area contributed by atoms with Crippen molar-refractivity contribution in [2.24, 2.45) is 5.41 Å². The zero-order valence-corrected chi connectivity index (χ0v) is 15.0. The van der Waals surface area contributed by atoms with E-state index in [-0.39, 0.29) is 11.9 Å². The van der Waals surface area contributed by atoms with E-state index in [0.29, 0.717) is 6.61 Å². The van der Waals surface area contributed by atoms with Gasteiger partial charge in [-0.05, 0) is 58.1 Å². The van der Waals surface area contributed by atoms with E-state index in [1.807, 2.05) is 45.0 Å². The molecule has 0 aliphatic heterocycles. The Hall–Kier alpha value is -1.84. The highest BCUT2D eigenvalue weighted by Gasteiger charge is 2.22. The third-order valence-electron chi connectivity index (χ3n) is 3.59. The lowest BCUT2D eigenvalue weighted by atomic mass is 9.97. The first-order valence-corrected chi connectivity index (χ1v) is 8.20. The van der Waals surface area contributed by atoms with Gasteiger partial charge in [-0.15, -0.1) is 0 Å². The highest BCUT2D eigenvalue weighted by molar-refractivity contribution is 5.95. The van der Waals surface area contributed by atoms with Crippen LogP contribution in [0.5, 0.6) is 0 Å². The smallest absolute Gasteiger partial charge is 0.311 e. The van der Waals surface area contributed by atoms with E-state index >= 15 is 0 Å². The molecule has 4 nitrogen and oxygen atoms in total. The van der Waals surface area contributed by atoms with Crippen molar-refractivity contribution in [1.82, 2.24) is 4.90 Å². The first-order chi connectivity index (χ1) is 10.7. The molecule has 0 aliphatic carbocycles. The van der Waals surface area contributed by atoms with Gasteiger partial charge < -0.3 is 9.64 Å². The molecule has 23 heavy (non-hydrogen) atoms. The zero-order chi connectivity index (χ0) is 17.5. The van der Waals surface area contributed by atoms with Crippen LogP contribution in [0.4, 0.5) is 0 Å². The van der Waals surface area contributed by atoms with Gasteiger partial charge in [-0.1, -0.05) is 18.2 Å². The van der Waals surface area contributed by atoms with Crippen LogP contribution in [-0.2, 0) is 16.0 Å². The number of hydrogen-bond acceptors (Lipinski definition) is 3. The van der Waals surface area contributed by atoms with Crippen LogP contribution in [0.15, 0.2) is 24.3 Å². The maximum atomic E-state index is 12.1. The van der Waals surface area contributed by atoms with Gasteiger partial charge in [-0.25, -0.2) is 0 Å². The average Bonchev–Trinajstić information content (AvgIpc) is 2.49. The molecule has 0 saturated heterocycles. The molecule has 0 unspecified atom stereocenters. The van der Waals surface area contributed by atoms with E-state index in [1.54, 1.807) is 19.0 Å². The molecule has 0 radical (unpaired) electrons. The topological polar surface area (TPSA) is 46.6 Å². The molecule has 1 aromatic carbocycles. The van der Waals surface area contributed by atoms with Gasteiger partial charge in [0.2, 0.25) is 0 Å². The minimum Gasteiger partial charge on any atom is -0.465 e. The number of rotatable bonds is 7. The summed E-state index contributed by atoms with van der Waals surface area (Å²) < 4.78 is 5.25. The first kappa shape index (κ1) is 19.2. The van der Waals surface area contributed by atoms with Crippen molar-refractivity contribution >= 4 is 11.9 Å². The summed E-state index contributed by atoms with van der Waals surface area (Å²) in [6.07, 6.45) is 3.67. The number of carbonyl (C=O) groups excluding carboxylic acids is 2. The molecule has 0 atom stereocenters. The Bertz CT molecular complexity index is 530. The maximum absolute atomic E-state index is 12.1. The zero-order valence-electron chi connectivity index (χ0n) is 15.0. The van der Waals surface area contributed by atoms with Gasteiger partial charge in [0.05, 0.1) is 12.0 Å². The summed E-state index contributed by atoms with van der Waals surface area (Å²) in [5.41, 5.74) is 1.42. The summed E-state index contributed by atoms with van der Waals surface area (Å²) in [7, 11) is 3.53. The Labute approximate surface area is 139 Å². The number of esters is 1. The molecule has 128 valence electrons. The monoisotopic (exact) mass is 319 g/mol. The maximum Gasteiger partial charge on any atom is 0.311 e. The van der Waals surface area contributed by atoms with Crippen LogP contribution in [0.3, 0.4) is 0 Å². The van der Waals surface area contributed by atoms with Gasteiger partial charge in [0.25, 0.3) is 5.91 Å². The summed E-state index contributed by atoms with van der Waals surface area (Å²) in [6.45, 7) is 6.03. The molecule has 0 fully saturated rings. The lowest BCUT2D eigenvalue weighted by molar-refractivity contribution is -0.153. The number of aryl methyl sites for hydroxylation is 1. The van der Waals surface area contributed by atoms with Crippen molar-refractivity contribution in [3.05, 3.63) is 35.4 Å². The predicted molar refractivity (Wildman–Crippen MR) is 92.4 cm³/mol. The van der Waals surface area contributed by atoms with Crippen LogP contribution in [0.1, 0.15) is 56.0 Å². The average molecular weight is 319 g/mol. The van der Waals surface area contributed by atoms with E-state index in [9.17, 15) is 9.59 Å². The van der Waals surface area contributed by atoms with Crippen molar-refractivity contribution < 1.29 is 14.3 Å². The van der Waals surface area contributed by atoms with Crippen molar-refractivity contribution in [3.8, 4) is 0 Å². The van der Waals surface area contributed by atoms with E-state index in [2.05, 4.69) is 0 Å². The largest absolute Gasteiger partial charge is 0.465 e. The van der Waals surface area contributed by atoms with E-state index in [0.717, 1.165) is 36.8 Å². The third kappa shape index (κ3) is 6.43. The van der Waals surface area contributed by atoms with Crippen LogP contribution < -0.4 is 0 Å². The summed E-state index contributed by atoms with van der Waals surface area (Å²) in [5.74, 6) is -0.112. The van der Waals surface area contributed by atoms with Crippen molar-refractivity contribution in [2.75, 3.05) is 20.7 Å². The number of hydrogen-bond donors (Lipinski definition) is 0. The molecule has 0 bridgehead atoms. The Morgan fingerprint density at radius 2 is 1.70 bits per heavy atom. The fourth-order valence-corrected chi connectivity index (χ4v) is 2.16. The van der Waals surface area contributed by atoms with Crippen LogP contribution in [0.2, 0.25) is 0 Å². The fourth-order valence-electron chi connectivity index (χ4n) is 2.16. The fraction of sp³-hybridized carbons (Fsp3) is 0.579. The molecule has 0 saturated carbocycles. The van der Waals surface area contributed by atoms with Crippen LogP contribution in [-0.4, -0.2) is 37.5 Å². The predicted octanol–water partition coefficient (Wildman–Crippen LogP) is 3.69. The standard InChI is InChI=1S/C19H29NO3/c1-19(2,3)18(22)23-14-10-6-7-11-15-12-8-9-13-16(15)17(21)20(4)5/h8-9,12-13H,6-7,10-11,14H2,1-5H3. The van der Waals surface area contributed by atoms with Gasteiger partial charge >= 0.3 is 5.97 Å². The lowest BCUT2D eigenvalue weighted by Crippen LogP contribution is -2.23. The summed E-state index contributed by atoms with van der Waals surface area (Å²) in [6, 6.07) is 7.75. The summed E-state index contributed by atoms with van der Waals surface area (Å²) in [4.78, 5) is 25.4. The molecule has 4 heteroatoms. The van der Waals surface area contributed by atoms with Crippen molar-refractivity contribution in [2.45, 2.75) is 46.5 Å². The van der Waals surface area contributed by atoms with Gasteiger partial charge in [0.1, 0.15) is 0 Å². The molecule has 1 amide bonds. The summed E-state index contributed by atoms with van der Waals surface area (Å²) >= 11 is 0. The number of ether oxygens (including phenoxy) is 1. The molecule has 0 N–H and O–H groups in total. The van der Waals surface area contributed by atoms with E-state index in [1.165, 1.54) is 0 Å². The van der Waals surface area contributed by atoms with Crippen LogP contribution in [0.25, 0.3) is 0 Å². The first-order valence-electron chi connectivity index (χ1n) is 8.20. The SMILES string of the molecule is CN(C)C(=O)c1ccccc1CCCCCOC(=O)C(C)(C)C. The van der Waals surface area contributed by atoms with Gasteiger partial charge in [0.15, 0.2) is 0 Å². The Morgan fingerprint density at radius 1 is 1.04 bits per heavy atom. The number of amides is 1.